The number of amides is 1. The summed E-state index contributed by atoms with van der Waals surface area (Å²) in [5.41, 5.74) is 2.55. The van der Waals surface area contributed by atoms with Crippen molar-refractivity contribution in [2.75, 3.05) is 24.5 Å². The molecule has 4 heteroatoms. The Bertz CT molecular complexity index is 548. The maximum Gasteiger partial charge on any atom is 0.238 e. The van der Waals surface area contributed by atoms with E-state index in [1.165, 1.54) is 62.9 Å². The second-order valence-electron chi connectivity index (χ2n) is 7.15. The van der Waals surface area contributed by atoms with Crippen LogP contribution < -0.4 is 10.2 Å². The van der Waals surface area contributed by atoms with Crippen LogP contribution in [0.2, 0.25) is 0 Å². The molecule has 0 aliphatic carbocycles. The largest absolute Gasteiger partial charge is 0.372 e. The van der Waals surface area contributed by atoms with Crippen molar-refractivity contribution in [3.05, 3.63) is 29.8 Å². The van der Waals surface area contributed by atoms with E-state index in [2.05, 4.69) is 39.4 Å². The van der Waals surface area contributed by atoms with Crippen LogP contribution in [0.1, 0.15) is 56.7 Å². The number of nitrogens with one attached hydrogen (secondary N) is 1. The summed E-state index contributed by atoms with van der Waals surface area (Å²) in [7, 11) is 0. The zero-order valence-corrected chi connectivity index (χ0v) is 13.8. The molecule has 4 nitrogen and oxygen atoms in total. The van der Waals surface area contributed by atoms with Crippen LogP contribution in [-0.4, -0.2) is 36.5 Å². The summed E-state index contributed by atoms with van der Waals surface area (Å²) in [6, 6.07) is 9.00. The molecule has 23 heavy (non-hydrogen) atoms. The van der Waals surface area contributed by atoms with E-state index in [-0.39, 0.29) is 18.1 Å². The number of benzene rings is 1. The molecule has 0 spiro atoms. The topological polar surface area (TPSA) is 35.6 Å². The Hall–Kier alpha value is -1.55. The van der Waals surface area contributed by atoms with E-state index in [9.17, 15) is 4.79 Å². The second-order valence-corrected chi connectivity index (χ2v) is 7.15. The van der Waals surface area contributed by atoms with Crippen LogP contribution in [0.3, 0.4) is 0 Å². The molecule has 3 fully saturated rings. The molecule has 2 unspecified atom stereocenters. The third kappa shape index (κ3) is 2.97. The number of carbonyl (C=O) groups is 1. The molecule has 124 valence electrons. The lowest BCUT2D eigenvalue weighted by Gasteiger charge is -2.31. The Morgan fingerprint density at radius 2 is 1.57 bits per heavy atom. The lowest BCUT2D eigenvalue weighted by molar-refractivity contribution is -0.122. The first-order valence-corrected chi connectivity index (χ1v) is 9.24. The van der Waals surface area contributed by atoms with Gasteiger partial charge in [0.05, 0.1) is 6.04 Å². The van der Waals surface area contributed by atoms with Crippen LogP contribution >= 0.6 is 0 Å². The third-order valence-corrected chi connectivity index (χ3v) is 5.64. The Morgan fingerprint density at radius 3 is 2.30 bits per heavy atom. The van der Waals surface area contributed by atoms with E-state index in [0.29, 0.717) is 0 Å². The maximum atomic E-state index is 12.2. The first kappa shape index (κ1) is 15.0. The van der Waals surface area contributed by atoms with E-state index >= 15 is 0 Å². The minimum Gasteiger partial charge on any atom is -0.372 e. The molecular formula is C19H27N3O. The fourth-order valence-electron chi connectivity index (χ4n) is 4.33. The highest BCUT2D eigenvalue weighted by Crippen LogP contribution is 2.33. The van der Waals surface area contributed by atoms with Gasteiger partial charge in [-0.15, -0.1) is 0 Å². The van der Waals surface area contributed by atoms with Gasteiger partial charge in [-0.2, -0.15) is 0 Å². The number of hydrogen-bond donors (Lipinski definition) is 1. The number of piperidine rings is 1. The van der Waals surface area contributed by atoms with Crippen LogP contribution in [0, 0.1) is 0 Å². The summed E-state index contributed by atoms with van der Waals surface area (Å²) in [6.45, 7) is 3.38. The number of hydrogen-bond acceptors (Lipinski definition) is 3. The van der Waals surface area contributed by atoms with Crippen LogP contribution in [0.4, 0.5) is 5.69 Å². The van der Waals surface area contributed by atoms with Crippen molar-refractivity contribution >= 4 is 11.6 Å². The summed E-state index contributed by atoms with van der Waals surface area (Å²) in [4.78, 5) is 17.0. The zero-order chi connectivity index (χ0) is 15.6. The van der Waals surface area contributed by atoms with E-state index in [1.807, 2.05) is 0 Å². The number of fused-ring (bicyclic) bond motifs is 1. The number of nitrogens with zero attached hydrogens (tertiary/aromatic N) is 2. The standard InChI is InChI=1S/C19H27N3O/c23-19-17-7-3-6-14-22(17)18(20-19)15-8-10-16(11-9-15)21-12-4-1-2-5-13-21/h8-11,17-18H,1-7,12-14H2,(H,20,23). The summed E-state index contributed by atoms with van der Waals surface area (Å²) in [6.07, 6.45) is 8.78. The Kier molecular flexibility index (Phi) is 4.25. The highest BCUT2D eigenvalue weighted by Gasteiger charge is 2.41. The summed E-state index contributed by atoms with van der Waals surface area (Å²) < 4.78 is 0. The second kappa shape index (κ2) is 6.52. The number of carbonyl (C=O) groups excluding carboxylic acids is 1. The van der Waals surface area contributed by atoms with E-state index < -0.39 is 0 Å². The molecule has 1 aromatic carbocycles. The van der Waals surface area contributed by atoms with Crippen LogP contribution in [-0.2, 0) is 4.79 Å². The Balaban J connectivity index is 1.50. The average Bonchev–Trinajstić information content (AvgIpc) is 2.78. The fraction of sp³-hybridized carbons (Fsp3) is 0.632. The van der Waals surface area contributed by atoms with Gasteiger partial charge in [-0.05, 0) is 43.4 Å². The Labute approximate surface area is 138 Å². The highest BCUT2D eigenvalue weighted by molar-refractivity contribution is 5.84. The van der Waals surface area contributed by atoms with Crippen molar-refractivity contribution in [3.8, 4) is 0 Å². The minimum atomic E-state index is 0.0750. The van der Waals surface area contributed by atoms with Gasteiger partial charge in [-0.1, -0.05) is 31.4 Å². The number of rotatable bonds is 2. The summed E-state index contributed by atoms with van der Waals surface area (Å²) >= 11 is 0. The lowest BCUT2D eigenvalue weighted by atomic mass is 10.0. The van der Waals surface area contributed by atoms with Gasteiger partial charge in [0.2, 0.25) is 5.91 Å². The maximum absolute atomic E-state index is 12.2. The van der Waals surface area contributed by atoms with Crippen LogP contribution in [0.15, 0.2) is 24.3 Å². The van der Waals surface area contributed by atoms with Crippen molar-refractivity contribution in [3.63, 3.8) is 0 Å². The fourth-order valence-corrected chi connectivity index (χ4v) is 4.33. The zero-order valence-electron chi connectivity index (χ0n) is 13.8. The van der Waals surface area contributed by atoms with Gasteiger partial charge in [-0.25, -0.2) is 0 Å². The molecule has 3 aliphatic rings. The molecule has 1 amide bonds. The van der Waals surface area contributed by atoms with Crippen molar-refractivity contribution in [1.82, 2.24) is 10.2 Å². The summed E-state index contributed by atoms with van der Waals surface area (Å²) in [5, 5.41) is 3.19. The molecule has 3 aliphatic heterocycles. The molecule has 0 bridgehead atoms. The molecule has 3 saturated heterocycles. The van der Waals surface area contributed by atoms with E-state index in [1.54, 1.807) is 0 Å². The predicted octanol–water partition coefficient (Wildman–Crippen LogP) is 3.05. The van der Waals surface area contributed by atoms with Gasteiger partial charge >= 0.3 is 0 Å². The lowest BCUT2D eigenvalue weighted by Crippen LogP contribution is -2.38. The molecule has 0 aromatic heterocycles. The monoisotopic (exact) mass is 313 g/mol. The third-order valence-electron chi connectivity index (χ3n) is 5.64. The van der Waals surface area contributed by atoms with Gasteiger partial charge in [0.15, 0.2) is 0 Å². The normalized spacial score (nSPS) is 29.0. The number of anilines is 1. The van der Waals surface area contributed by atoms with E-state index in [0.717, 1.165) is 13.0 Å². The molecule has 3 heterocycles. The van der Waals surface area contributed by atoms with Gasteiger partial charge in [0.25, 0.3) is 0 Å². The first-order chi connectivity index (χ1) is 11.3. The van der Waals surface area contributed by atoms with E-state index in [4.69, 9.17) is 0 Å². The van der Waals surface area contributed by atoms with Gasteiger partial charge in [0, 0.05) is 25.3 Å². The summed E-state index contributed by atoms with van der Waals surface area (Å²) in [5.74, 6) is 0.214. The van der Waals surface area contributed by atoms with Crippen molar-refractivity contribution in [2.45, 2.75) is 57.2 Å². The molecule has 1 N–H and O–H groups in total. The molecule has 1 aromatic rings. The van der Waals surface area contributed by atoms with Crippen LogP contribution in [0.5, 0.6) is 0 Å². The minimum absolute atomic E-state index is 0.0750. The van der Waals surface area contributed by atoms with Crippen molar-refractivity contribution in [2.24, 2.45) is 0 Å². The Morgan fingerprint density at radius 1 is 0.870 bits per heavy atom. The van der Waals surface area contributed by atoms with Crippen LogP contribution in [0.25, 0.3) is 0 Å². The molecular weight excluding hydrogens is 286 g/mol. The SMILES string of the molecule is O=C1NC(c2ccc(N3CCCCCC3)cc2)N2CCCCC12. The highest BCUT2D eigenvalue weighted by atomic mass is 16.2. The average molecular weight is 313 g/mol. The smallest absolute Gasteiger partial charge is 0.238 e. The molecule has 0 radical (unpaired) electrons. The van der Waals surface area contributed by atoms with Crippen molar-refractivity contribution < 1.29 is 4.79 Å². The van der Waals surface area contributed by atoms with Gasteiger partial charge in [0.1, 0.15) is 6.17 Å². The first-order valence-electron chi connectivity index (χ1n) is 9.24. The van der Waals surface area contributed by atoms with Gasteiger partial charge in [-0.3, -0.25) is 9.69 Å². The molecule has 4 rings (SSSR count). The predicted molar refractivity (Wildman–Crippen MR) is 92.4 cm³/mol. The quantitative estimate of drug-likeness (QED) is 0.911. The van der Waals surface area contributed by atoms with Crippen molar-refractivity contribution in [1.29, 1.82) is 0 Å². The molecule has 2 atom stereocenters. The molecule has 0 saturated carbocycles. The van der Waals surface area contributed by atoms with Gasteiger partial charge < -0.3 is 10.2 Å².